The van der Waals surface area contributed by atoms with E-state index in [1.165, 1.54) is 12.6 Å². The molecule has 6 rings (SSSR count). The van der Waals surface area contributed by atoms with Crippen LogP contribution in [0, 0.1) is 0 Å². The SMILES string of the molecule is CCCC1CCCCN1C(=O)c1cccc(-c2cccc(-n3ncc(C(=O)O)c3C3CC3c3cccnc3)c2)c1. The maximum absolute atomic E-state index is 13.5. The first-order valence-electron chi connectivity index (χ1n) is 14.3. The molecule has 1 saturated carbocycles. The molecule has 1 amide bonds. The van der Waals surface area contributed by atoms with Gasteiger partial charge in [0.15, 0.2) is 0 Å². The quantitative estimate of drug-likeness (QED) is 0.272. The fourth-order valence-electron chi connectivity index (χ4n) is 6.26. The molecule has 2 fully saturated rings. The maximum Gasteiger partial charge on any atom is 0.339 e. The molecular weight excluding hydrogens is 500 g/mol. The number of carboxylic acid groups (broad SMARTS) is 1. The first kappa shape index (κ1) is 26.0. The third kappa shape index (κ3) is 5.04. The number of piperidine rings is 1. The van der Waals surface area contributed by atoms with E-state index in [9.17, 15) is 14.7 Å². The summed E-state index contributed by atoms with van der Waals surface area (Å²) in [4.78, 5) is 32.0. The van der Waals surface area contributed by atoms with Crippen LogP contribution in [0.25, 0.3) is 16.8 Å². The molecule has 1 aliphatic heterocycles. The summed E-state index contributed by atoms with van der Waals surface area (Å²) in [7, 11) is 0. The molecule has 7 heteroatoms. The lowest BCUT2D eigenvalue weighted by molar-refractivity contribution is 0.0600. The number of hydrogen-bond acceptors (Lipinski definition) is 4. The summed E-state index contributed by atoms with van der Waals surface area (Å²) in [5, 5.41) is 14.5. The second-order valence-corrected chi connectivity index (χ2v) is 11.0. The molecule has 0 radical (unpaired) electrons. The Morgan fingerprint density at radius 3 is 2.58 bits per heavy atom. The Bertz CT molecular complexity index is 1530. The average molecular weight is 535 g/mol. The van der Waals surface area contributed by atoms with Crippen LogP contribution in [0.5, 0.6) is 0 Å². The number of aromatic nitrogens is 3. The van der Waals surface area contributed by atoms with E-state index < -0.39 is 5.97 Å². The number of carbonyl (C=O) groups excluding carboxylic acids is 1. The van der Waals surface area contributed by atoms with Gasteiger partial charge in [-0.05, 0) is 85.0 Å². The van der Waals surface area contributed by atoms with Crippen LogP contribution >= 0.6 is 0 Å². The van der Waals surface area contributed by atoms with Crippen molar-refractivity contribution in [3.05, 3.63) is 102 Å². The van der Waals surface area contributed by atoms with Gasteiger partial charge in [0.1, 0.15) is 5.56 Å². The van der Waals surface area contributed by atoms with Crippen molar-refractivity contribution in [3.8, 4) is 16.8 Å². The summed E-state index contributed by atoms with van der Waals surface area (Å²) < 4.78 is 1.77. The average Bonchev–Trinajstić information content (AvgIpc) is 3.66. The minimum Gasteiger partial charge on any atom is -0.478 e. The first-order valence-corrected chi connectivity index (χ1v) is 14.3. The lowest BCUT2D eigenvalue weighted by Gasteiger charge is -2.36. The van der Waals surface area contributed by atoms with Gasteiger partial charge in [-0.3, -0.25) is 9.78 Å². The van der Waals surface area contributed by atoms with E-state index >= 15 is 0 Å². The number of aromatic carboxylic acids is 1. The minimum absolute atomic E-state index is 0.0583. The van der Waals surface area contributed by atoms with Crippen molar-refractivity contribution in [1.29, 1.82) is 0 Å². The molecule has 3 unspecified atom stereocenters. The van der Waals surface area contributed by atoms with Crippen molar-refractivity contribution in [2.24, 2.45) is 0 Å². The zero-order chi connectivity index (χ0) is 27.6. The number of hydrogen-bond donors (Lipinski definition) is 1. The van der Waals surface area contributed by atoms with Crippen molar-refractivity contribution in [2.45, 2.75) is 63.3 Å². The zero-order valence-electron chi connectivity index (χ0n) is 22.7. The standard InChI is InChI=1S/C33H34N4O3/c1-2-8-26-13-3-4-16-36(26)32(38)24-11-5-9-22(17-24)23-10-6-14-27(18-23)37-31(30(21-35-37)33(39)40)29-19-28(29)25-12-7-15-34-20-25/h5-7,9-12,14-15,17-18,20-21,26,28-29H,2-4,8,13,16,19H2,1H3,(H,39,40). The predicted molar refractivity (Wildman–Crippen MR) is 154 cm³/mol. The third-order valence-electron chi connectivity index (χ3n) is 8.33. The van der Waals surface area contributed by atoms with Gasteiger partial charge in [-0.15, -0.1) is 0 Å². The van der Waals surface area contributed by atoms with E-state index in [2.05, 4.69) is 21.9 Å². The molecule has 1 saturated heterocycles. The molecule has 0 spiro atoms. The lowest BCUT2D eigenvalue weighted by atomic mass is 9.96. The van der Waals surface area contributed by atoms with Crippen LogP contribution in [0.1, 0.15) is 89.3 Å². The Kier molecular flexibility index (Phi) is 7.20. The Morgan fingerprint density at radius 2 is 1.80 bits per heavy atom. The Balaban J connectivity index is 1.31. The van der Waals surface area contributed by atoms with Crippen LogP contribution in [0.15, 0.2) is 79.3 Å². The second kappa shape index (κ2) is 11.1. The minimum atomic E-state index is -0.973. The Labute approximate surface area is 234 Å². The molecule has 40 heavy (non-hydrogen) atoms. The molecular formula is C33H34N4O3. The van der Waals surface area contributed by atoms with E-state index in [0.717, 1.165) is 66.7 Å². The largest absolute Gasteiger partial charge is 0.478 e. The molecule has 3 heterocycles. The van der Waals surface area contributed by atoms with E-state index in [1.54, 1.807) is 10.9 Å². The highest BCUT2D eigenvalue weighted by Gasteiger charge is 2.44. The molecule has 7 nitrogen and oxygen atoms in total. The van der Waals surface area contributed by atoms with E-state index in [1.807, 2.05) is 66.9 Å². The van der Waals surface area contributed by atoms with E-state index in [4.69, 9.17) is 0 Å². The molecule has 4 aromatic rings. The number of benzene rings is 2. The van der Waals surface area contributed by atoms with Crippen molar-refractivity contribution in [1.82, 2.24) is 19.7 Å². The van der Waals surface area contributed by atoms with Crippen LogP contribution in [-0.2, 0) is 0 Å². The first-order chi connectivity index (χ1) is 19.5. The maximum atomic E-state index is 13.5. The highest BCUT2D eigenvalue weighted by Crippen LogP contribution is 2.55. The second-order valence-electron chi connectivity index (χ2n) is 11.0. The molecule has 3 atom stereocenters. The summed E-state index contributed by atoms with van der Waals surface area (Å²) in [6.45, 7) is 3.00. The van der Waals surface area contributed by atoms with Crippen LogP contribution in [0.3, 0.4) is 0 Å². The monoisotopic (exact) mass is 534 g/mol. The fourth-order valence-corrected chi connectivity index (χ4v) is 6.26. The van der Waals surface area contributed by atoms with Crippen LogP contribution in [0.4, 0.5) is 0 Å². The molecule has 0 bridgehead atoms. The third-order valence-corrected chi connectivity index (χ3v) is 8.33. The van der Waals surface area contributed by atoms with Crippen LogP contribution < -0.4 is 0 Å². The van der Waals surface area contributed by atoms with Gasteiger partial charge in [-0.2, -0.15) is 5.10 Å². The summed E-state index contributed by atoms with van der Waals surface area (Å²) in [5.41, 5.74) is 5.47. The van der Waals surface area contributed by atoms with Crippen LogP contribution in [-0.4, -0.2) is 49.2 Å². The van der Waals surface area contributed by atoms with Gasteiger partial charge in [0.2, 0.25) is 0 Å². The highest BCUT2D eigenvalue weighted by molar-refractivity contribution is 5.96. The smallest absolute Gasteiger partial charge is 0.339 e. The number of likely N-dealkylation sites (tertiary alicyclic amines) is 1. The number of carbonyl (C=O) groups is 2. The number of rotatable bonds is 8. The molecule has 1 aliphatic carbocycles. The van der Waals surface area contributed by atoms with Gasteiger partial charge in [-0.1, -0.05) is 43.7 Å². The van der Waals surface area contributed by atoms with Crippen molar-refractivity contribution < 1.29 is 14.7 Å². The predicted octanol–water partition coefficient (Wildman–Crippen LogP) is 6.70. The molecule has 2 aliphatic rings. The van der Waals surface area contributed by atoms with Gasteiger partial charge < -0.3 is 10.0 Å². The summed E-state index contributed by atoms with van der Waals surface area (Å²) in [5.74, 6) is -0.589. The summed E-state index contributed by atoms with van der Waals surface area (Å²) in [6, 6.07) is 20.1. The molecule has 1 N–H and O–H groups in total. The van der Waals surface area contributed by atoms with Crippen molar-refractivity contribution >= 4 is 11.9 Å². The topological polar surface area (TPSA) is 88.3 Å². The molecule has 204 valence electrons. The van der Waals surface area contributed by atoms with E-state index in [-0.39, 0.29) is 23.3 Å². The van der Waals surface area contributed by atoms with Crippen molar-refractivity contribution in [3.63, 3.8) is 0 Å². The number of amides is 1. The number of carboxylic acids is 1. The fraction of sp³-hybridized carbons (Fsp3) is 0.333. The Hall–Kier alpha value is -4.26. The Morgan fingerprint density at radius 1 is 0.975 bits per heavy atom. The van der Waals surface area contributed by atoms with Crippen LogP contribution in [0.2, 0.25) is 0 Å². The van der Waals surface area contributed by atoms with Gasteiger partial charge in [0.05, 0.1) is 17.6 Å². The van der Waals surface area contributed by atoms with Gasteiger partial charge >= 0.3 is 5.97 Å². The van der Waals surface area contributed by atoms with Gasteiger partial charge in [0, 0.05) is 36.5 Å². The number of pyridine rings is 1. The lowest BCUT2D eigenvalue weighted by Crippen LogP contribution is -2.43. The molecule has 2 aromatic carbocycles. The highest BCUT2D eigenvalue weighted by atomic mass is 16.4. The van der Waals surface area contributed by atoms with E-state index in [0.29, 0.717) is 11.6 Å². The van der Waals surface area contributed by atoms with Gasteiger partial charge in [0.25, 0.3) is 5.91 Å². The zero-order valence-corrected chi connectivity index (χ0v) is 22.7. The van der Waals surface area contributed by atoms with Crippen molar-refractivity contribution in [2.75, 3.05) is 6.54 Å². The van der Waals surface area contributed by atoms with Gasteiger partial charge in [-0.25, -0.2) is 9.48 Å². The summed E-state index contributed by atoms with van der Waals surface area (Å²) >= 11 is 0. The number of nitrogens with zero attached hydrogens (tertiary/aromatic N) is 4. The summed E-state index contributed by atoms with van der Waals surface area (Å²) in [6.07, 6.45) is 11.3. The normalized spacial score (nSPS) is 20.3. The molecule has 2 aromatic heterocycles.